The number of likely N-dealkylation sites (N-methyl/N-ethyl adjacent to an activating group) is 1. The van der Waals surface area contributed by atoms with Crippen molar-refractivity contribution in [2.75, 3.05) is 24.6 Å². The lowest BCUT2D eigenvalue weighted by Crippen LogP contribution is -2.45. The molecule has 0 saturated carbocycles. The number of benzene rings is 3. The molecule has 11 heteroatoms. The van der Waals surface area contributed by atoms with Crippen LogP contribution < -0.4 is 20.0 Å². The van der Waals surface area contributed by atoms with Gasteiger partial charge in [-0.3, -0.25) is 14.6 Å². The first-order chi connectivity index (χ1) is 16.4. The summed E-state index contributed by atoms with van der Waals surface area (Å²) >= 11 is 0. The van der Waals surface area contributed by atoms with Gasteiger partial charge >= 0.3 is 0 Å². The highest BCUT2D eigenvalue weighted by molar-refractivity contribution is 7.92. The number of amides is 2. The van der Waals surface area contributed by atoms with Crippen molar-refractivity contribution in [3.63, 3.8) is 0 Å². The summed E-state index contributed by atoms with van der Waals surface area (Å²) in [5.41, 5.74) is 3.26. The molecule has 3 aromatic rings. The van der Waals surface area contributed by atoms with E-state index in [2.05, 4.69) is 10.7 Å². The van der Waals surface area contributed by atoms with Gasteiger partial charge in [0.05, 0.1) is 17.1 Å². The minimum atomic E-state index is -4.13. The van der Waals surface area contributed by atoms with Gasteiger partial charge in [-0.05, 0) is 55.5 Å². The molecule has 3 aromatic carbocycles. The fourth-order valence-electron chi connectivity index (χ4n) is 3.05. The maximum absolute atomic E-state index is 13.4. The average Bonchev–Trinajstić information content (AvgIpc) is 2.87. The lowest BCUT2D eigenvalue weighted by molar-refractivity contribution is -0.132. The van der Waals surface area contributed by atoms with Crippen LogP contribution in [0.1, 0.15) is 17.3 Å². The number of hydrazine groups is 1. The molecule has 0 fully saturated rings. The molecule has 0 aliphatic rings. The Kier molecular flexibility index (Phi) is 10.1. The molecule has 3 rings (SSSR count). The third-order valence-corrected chi connectivity index (χ3v) is 6.41. The zero-order valence-corrected chi connectivity index (χ0v) is 20.9. The summed E-state index contributed by atoms with van der Waals surface area (Å²) in [6.45, 7) is 2.05. The fourth-order valence-corrected chi connectivity index (χ4v) is 4.31. The van der Waals surface area contributed by atoms with Crippen LogP contribution in [0.2, 0.25) is 0 Å². The van der Waals surface area contributed by atoms with Gasteiger partial charge in [-0.15, -0.1) is 12.4 Å². The number of hydrogen-bond acceptors (Lipinski definition) is 6. The van der Waals surface area contributed by atoms with Crippen molar-refractivity contribution < 1.29 is 22.8 Å². The van der Waals surface area contributed by atoms with E-state index in [1.807, 2.05) is 0 Å². The predicted octanol–water partition coefficient (Wildman–Crippen LogP) is 3.01. The Morgan fingerprint density at radius 2 is 1.46 bits per heavy atom. The molecule has 2 N–H and O–H groups in total. The van der Waals surface area contributed by atoms with Crippen LogP contribution in [0.25, 0.3) is 0 Å². The number of sulfonamides is 1. The first-order valence-electron chi connectivity index (χ1n) is 10.6. The van der Waals surface area contributed by atoms with Crippen LogP contribution in [0.5, 0.6) is 5.75 Å². The summed E-state index contributed by atoms with van der Waals surface area (Å²) in [5.74, 6) is -0.447. The summed E-state index contributed by atoms with van der Waals surface area (Å²) < 4.78 is 27.7. The predicted molar refractivity (Wildman–Crippen MR) is 136 cm³/mol. The topological polar surface area (TPSA) is 108 Å². The second-order valence-electron chi connectivity index (χ2n) is 7.04. The van der Waals surface area contributed by atoms with Crippen molar-refractivity contribution in [1.82, 2.24) is 15.8 Å². The molecule has 0 radical (unpaired) electrons. The van der Waals surface area contributed by atoms with E-state index in [1.165, 1.54) is 29.3 Å². The van der Waals surface area contributed by atoms with Crippen molar-refractivity contribution in [3.8, 4) is 5.75 Å². The molecule has 0 atom stereocenters. The van der Waals surface area contributed by atoms with E-state index in [1.54, 1.807) is 74.6 Å². The van der Waals surface area contributed by atoms with Gasteiger partial charge in [-0.25, -0.2) is 5.43 Å². The lowest BCUT2D eigenvalue weighted by Gasteiger charge is -2.24. The van der Waals surface area contributed by atoms with Gasteiger partial charge in [-0.1, -0.05) is 40.9 Å². The van der Waals surface area contributed by atoms with Crippen molar-refractivity contribution in [1.29, 1.82) is 0 Å². The third-order valence-electron chi connectivity index (χ3n) is 4.82. The first kappa shape index (κ1) is 27.6. The summed E-state index contributed by atoms with van der Waals surface area (Å²) in [6.07, 6.45) is 0. The second kappa shape index (κ2) is 12.7. The van der Waals surface area contributed by atoms with Gasteiger partial charge in [0.25, 0.3) is 21.8 Å². The highest BCUT2D eigenvalue weighted by Crippen LogP contribution is 2.26. The Balaban J connectivity index is 0.00000432. The average molecular weight is 519 g/mol. The number of anilines is 1. The number of hydrogen-bond donors (Lipinski definition) is 2. The largest absolute Gasteiger partial charge is 0.364 e. The molecule has 0 saturated heterocycles. The van der Waals surface area contributed by atoms with Crippen LogP contribution in [-0.4, -0.2) is 45.4 Å². The Morgan fingerprint density at radius 3 is 2.00 bits per heavy atom. The van der Waals surface area contributed by atoms with Gasteiger partial charge in [-0.2, -0.15) is 8.42 Å². The van der Waals surface area contributed by atoms with E-state index < -0.39 is 15.9 Å². The van der Waals surface area contributed by atoms with E-state index in [0.29, 0.717) is 18.0 Å². The minimum Gasteiger partial charge on any atom is -0.364 e. The first-order valence-corrected chi connectivity index (χ1v) is 12.0. The van der Waals surface area contributed by atoms with E-state index in [4.69, 9.17) is 4.84 Å². The quantitative estimate of drug-likeness (QED) is 0.399. The normalized spacial score (nSPS) is 10.6. The Hall–Kier alpha value is -3.60. The number of rotatable bonds is 10. The summed E-state index contributed by atoms with van der Waals surface area (Å²) in [4.78, 5) is 30.1. The third kappa shape index (κ3) is 6.95. The summed E-state index contributed by atoms with van der Waals surface area (Å²) in [6, 6.07) is 22.4. The van der Waals surface area contributed by atoms with Crippen LogP contribution in [0.4, 0.5) is 5.69 Å². The molecule has 2 amide bonds. The molecule has 0 aromatic heterocycles. The van der Waals surface area contributed by atoms with E-state index in [-0.39, 0.29) is 35.3 Å². The molecule has 0 aliphatic carbocycles. The standard InChI is InChI=1S/C24H26N4O5S.ClH/c1-3-27(25-2)23(29)18-26-24(30)19-14-16-22(17-15-19)34(31,32)28(20-10-6-4-7-11-20)33-21-12-8-5-9-13-21;/h4-17,25H,3,18H2,1-2H3,(H,26,30);1H. The van der Waals surface area contributed by atoms with Crippen molar-refractivity contribution in [2.45, 2.75) is 11.8 Å². The number of halogens is 1. The van der Waals surface area contributed by atoms with Gasteiger partial charge in [0, 0.05) is 19.2 Å². The number of nitrogens with one attached hydrogen (secondary N) is 2. The molecule has 35 heavy (non-hydrogen) atoms. The van der Waals surface area contributed by atoms with Gasteiger partial charge in [0.15, 0.2) is 5.75 Å². The molecule has 0 unspecified atom stereocenters. The molecule has 9 nitrogen and oxygen atoms in total. The van der Waals surface area contributed by atoms with Crippen LogP contribution in [-0.2, 0) is 14.8 Å². The number of carbonyl (C=O) groups excluding carboxylic acids is 2. The summed E-state index contributed by atoms with van der Waals surface area (Å²) in [7, 11) is -2.51. The molecule has 0 aliphatic heterocycles. The Labute approximate surface area is 211 Å². The van der Waals surface area contributed by atoms with Crippen molar-refractivity contribution >= 4 is 39.9 Å². The SMILES string of the molecule is CCN(NC)C(=O)CNC(=O)c1ccc(S(=O)(=O)N(Oc2ccccc2)c2ccccc2)cc1.Cl. The second-order valence-corrected chi connectivity index (χ2v) is 8.79. The zero-order valence-electron chi connectivity index (χ0n) is 19.2. The van der Waals surface area contributed by atoms with Crippen molar-refractivity contribution in [2.24, 2.45) is 0 Å². The number of para-hydroxylation sites is 2. The van der Waals surface area contributed by atoms with E-state index in [9.17, 15) is 18.0 Å². The molecule has 186 valence electrons. The van der Waals surface area contributed by atoms with Gasteiger partial charge in [0.1, 0.15) is 0 Å². The molecular weight excluding hydrogens is 492 g/mol. The number of nitrogens with zero attached hydrogens (tertiary/aromatic N) is 2. The monoisotopic (exact) mass is 518 g/mol. The highest BCUT2D eigenvalue weighted by atomic mass is 35.5. The minimum absolute atomic E-state index is 0. The molecule has 0 spiro atoms. The lowest BCUT2D eigenvalue weighted by atomic mass is 10.2. The fraction of sp³-hybridized carbons (Fsp3) is 0.167. The van der Waals surface area contributed by atoms with Crippen LogP contribution in [0.3, 0.4) is 0 Å². The van der Waals surface area contributed by atoms with Crippen LogP contribution >= 0.6 is 12.4 Å². The van der Waals surface area contributed by atoms with Crippen LogP contribution in [0, 0.1) is 0 Å². The van der Waals surface area contributed by atoms with Crippen molar-refractivity contribution in [3.05, 3.63) is 90.5 Å². The van der Waals surface area contributed by atoms with Crippen LogP contribution in [0.15, 0.2) is 89.8 Å². The Bertz CT molecular complexity index is 1210. The number of carbonyl (C=O) groups is 2. The van der Waals surface area contributed by atoms with Gasteiger partial charge in [0.2, 0.25) is 0 Å². The maximum atomic E-state index is 13.4. The van der Waals surface area contributed by atoms with E-state index >= 15 is 0 Å². The molecule has 0 bridgehead atoms. The van der Waals surface area contributed by atoms with Gasteiger partial charge < -0.3 is 10.2 Å². The summed E-state index contributed by atoms with van der Waals surface area (Å²) in [5, 5.41) is 3.89. The van der Waals surface area contributed by atoms with E-state index in [0.717, 1.165) is 4.47 Å². The zero-order chi connectivity index (χ0) is 24.6. The molecular formula is C24H27ClN4O5S. The Morgan fingerprint density at radius 1 is 0.886 bits per heavy atom. The maximum Gasteiger partial charge on any atom is 0.295 e. The highest BCUT2D eigenvalue weighted by Gasteiger charge is 2.28. The smallest absolute Gasteiger partial charge is 0.295 e. The molecule has 0 heterocycles.